The Hall–Kier alpha value is -3.74. The molecule has 1 atom stereocenters. The van der Waals surface area contributed by atoms with Gasteiger partial charge in [-0.05, 0) is 68.1 Å². The number of carbonyl (C=O) groups excluding carboxylic acids is 2. The summed E-state index contributed by atoms with van der Waals surface area (Å²) in [5, 5.41) is 2.96. The molecule has 38 heavy (non-hydrogen) atoms. The average Bonchev–Trinajstić information content (AvgIpc) is 3.33. The molecule has 0 aliphatic carbocycles. The molecule has 0 radical (unpaired) electrons. The molecular formula is C31H42N4O3. The largest absolute Gasteiger partial charge is 0.497 e. The number of methoxy groups -OCH3 is 1. The van der Waals surface area contributed by atoms with Crippen LogP contribution in [-0.2, 0) is 17.9 Å². The van der Waals surface area contributed by atoms with Gasteiger partial charge in [0.15, 0.2) is 0 Å². The third-order valence-electron chi connectivity index (χ3n) is 6.69. The van der Waals surface area contributed by atoms with Crippen LogP contribution in [0.25, 0.3) is 0 Å². The van der Waals surface area contributed by atoms with Crippen molar-refractivity contribution in [3.8, 4) is 5.75 Å². The molecule has 7 heteroatoms. The highest BCUT2D eigenvalue weighted by Crippen LogP contribution is 2.18. The van der Waals surface area contributed by atoms with Gasteiger partial charge >= 0.3 is 6.03 Å². The molecule has 1 aromatic heterocycles. The quantitative estimate of drug-likeness (QED) is 0.312. The first kappa shape index (κ1) is 28.8. The number of carbonyl (C=O) groups is 2. The summed E-state index contributed by atoms with van der Waals surface area (Å²) in [6.07, 6.45) is 2.86. The maximum Gasteiger partial charge on any atom is 0.322 e. The Morgan fingerprint density at radius 1 is 1.03 bits per heavy atom. The van der Waals surface area contributed by atoms with Crippen molar-refractivity contribution < 1.29 is 14.3 Å². The third kappa shape index (κ3) is 8.13. The molecule has 0 spiro atoms. The monoisotopic (exact) mass is 518 g/mol. The second-order valence-electron chi connectivity index (χ2n) is 10.3. The Morgan fingerprint density at radius 2 is 1.76 bits per heavy atom. The summed E-state index contributed by atoms with van der Waals surface area (Å²) in [4.78, 5) is 30.4. The Kier molecular flexibility index (Phi) is 10.4. The van der Waals surface area contributed by atoms with E-state index in [2.05, 4.69) is 49.7 Å². The van der Waals surface area contributed by atoms with Crippen LogP contribution >= 0.6 is 0 Å². The van der Waals surface area contributed by atoms with E-state index in [-0.39, 0.29) is 30.4 Å². The van der Waals surface area contributed by atoms with Crippen LogP contribution in [0.5, 0.6) is 5.75 Å². The zero-order chi connectivity index (χ0) is 27.7. The molecule has 0 bridgehead atoms. The lowest BCUT2D eigenvalue weighted by Gasteiger charge is -2.32. The predicted molar refractivity (Wildman–Crippen MR) is 153 cm³/mol. The van der Waals surface area contributed by atoms with Crippen LogP contribution in [0.4, 0.5) is 10.5 Å². The van der Waals surface area contributed by atoms with Crippen LogP contribution in [-0.4, -0.2) is 52.5 Å². The van der Waals surface area contributed by atoms with E-state index in [4.69, 9.17) is 4.74 Å². The second-order valence-corrected chi connectivity index (χ2v) is 10.3. The zero-order valence-corrected chi connectivity index (χ0v) is 23.6. The number of aryl methyl sites for hydroxylation is 1. The first-order valence-corrected chi connectivity index (χ1v) is 13.4. The van der Waals surface area contributed by atoms with E-state index in [0.29, 0.717) is 19.6 Å². The highest BCUT2D eigenvalue weighted by molar-refractivity contribution is 5.92. The number of rotatable bonds is 12. The minimum atomic E-state index is -0.263. The fraction of sp³-hybridized carbons (Fsp3) is 0.419. The van der Waals surface area contributed by atoms with Gasteiger partial charge in [0.05, 0.1) is 13.7 Å². The van der Waals surface area contributed by atoms with Crippen LogP contribution in [0.1, 0.15) is 50.9 Å². The number of ether oxygens (including phenoxy) is 1. The Balaban J connectivity index is 1.76. The van der Waals surface area contributed by atoms with Crippen LogP contribution < -0.4 is 10.1 Å². The smallest absolute Gasteiger partial charge is 0.322 e. The van der Waals surface area contributed by atoms with Crippen LogP contribution in [0, 0.1) is 12.8 Å². The van der Waals surface area contributed by atoms with Gasteiger partial charge in [-0.2, -0.15) is 0 Å². The van der Waals surface area contributed by atoms with E-state index in [1.807, 2.05) is 66.6 Å². The molecule has 1 unspecified atom stereocenters. The summed E-state index contributed by atoms with van der Waals surface area (Å²) in [7, 11) is 1.67. The summed E-state index contributed by atoms with van der Waals surface area (Å²) in [5.74, 6) is 0.985. The SMILES string of the molecule is CCC(C)N(Cc1cccn1Cc1cccc(OC)c1)C(=O)CN(CC(C)C)C(=O)Nc1ccc(C)cc1. The standard InChI is InChI=1S/C31H42N4O3/c1-7-25(5)35(21-28-11-9-17-33(28)20-26-10-8-12-29(18-26)38-6)30(36)22-34(19-23(2)3)31(37)32-27-15-13-24(4)14-16-27/h8-18,23,25H,7,19-22H2,1-6H3,(H,32,37). The van der Waals surface area contributed by atoms with Gasteiger partial charge < -0.3 is 24.4 Å². The number of benzene rings is 2. The van der Waals surface area contributed by atoms with Gasteiger partial charge in [0.25, 0.3) is 0 Å². The van der Waals surface area contributed by atoms with Crippen LogP contribution in [0.2, 0.25) is 0 Å². The maximum absolute atomic E-state index is 13.7. The van der Waals surface area contributed by atoms with Crippen LogP contribution in [0.15, 0.2) is 66.9 Å². The number of nitrogens with one attached hydrogen (secondary N) is 1. The highest BCUT2D eigenvalue weighted by Gasteiger charge is 2.25. The maximum atomic E-state index is 13.7. The first-order valence-electron chi connectivity index (χ1n) is 13.4. The van der Waals surface area contributed by atoms with Crippen molar-refractivity contribution in [3.63, 3.8) is 0 Å². The number of amides is 3. The number of anilines is 1. The van der Waals surface area contributed by atoms with E-state index >= 15 is 0 Å². The summed E-state index contributed by atoms with van der Waals surface area (Å²) in [6, 6.07) is 19.5. The molecule has 0 aliphatic heterocycles. The lowest BCUT2D eigenvalue weighted by Crippen LogP contribution is -2.48. The van der Waals surface area contributed by atoms with Gasteiger partial charge in [-0.3, -0.25) is 4.79 Å². The van der Waals surface area contributed by atoms with E-state index in [1.165, 1.54) is 0 Å². The fourth-order valence-corrected chi connectivity index (χ4v) is 4.35. The molecule has 3 rings (SSSR count). The van der Waals surface area contributed by atoms with Gasteiger partial charge in [-0.1, -0.05) is 50.6 Å². The molecule has 7 nitrogen and oxygen atoms in total. The molecule has 0 aliphatic rings. The fourth-order valence-electron chi connectivity index (χ4n) is 4.35. The third-order valence-corrected chi connectivity index (χ3v) is 6.69. The number of hydrogen-bond acceptors (Lipinski definition) is 3. The molecule has 2 aromatic carbocycles. The van der Waals surface area contributed by atoms with E-state index in [9.17, 15) is 9.59 Å². The number of aromatic nitrogens is 1. The van der Waals surface area contributed by atoms with E-state index in [0.717, 1.165) is 34.7 Å². The van der Waals surface area contributed by atoms with Crippen molar-refractivity contribution in [3.05, 3.63) is 83.7 Å². The lowest BCUT2D eigenvalue weighted by atomic mass is 10.1. The summed E-state index contributed by atoms with van der Waals surface area (Å²) in [6.45, 7) is 11.9. The van der Waals surface area contributed by atoms with Crippen molar-refractivity contribution in [1.29, 1.82) is 0 Å². The lowest BCUT2D eigenvalue weighted by molar-refractivity contribution is -0.134. The second kappa shape index (κ2) is 13.7. The minimum absolute atomic E-state index is 0.0246. The van der Waals surface area contributed by atoms with E-state index in [1.54, 1.807) is 12.0 Å². The molecule has 0 saturated carbocycles. The Labute approximate surface area is 227 Å². The van der Waals surface area contributed by atoms with E-state index < -0.39 is 0 Å². The van der Waals surface area contributed by atoms with Crippen molar-refractivity contribution >= 4 is 17.6 Å². The minimum Gasteiger partial charge on any atom is -0.497 e. The predicted octanol–water partition coefficient (Wildman–Crippen LogP) is 6.17. The molecule has 3 amide bonds. The van der Waals surface area contributed by atoms with Gasteiger partial charge in [-0.15, -0.1) is 0 Å². The average molecular weight is 519 g/mol. The summed E-state index contributed by atoms with van der Waals surface area (Å²) >= 11 is 0. The Bertz CT molecular complexity index is 1190. The highest BCUT2D eigenvalue weighted by atomic mass is 16.5. The summed E-state index contributed by atoms with van der Waals surface area (Å²) in [5.41, 5.74) is 4.01. The van der Waals surface area contributed by atoms with Crippen molar-refractivity contribution in [2.45, 2.75) is 60.2 Å². The number of hydrogen-bond donors (Lipinski definition) is 1. The summed E-state index contributed by atoms with van der Waals surface area (Å²) < 4.78 is 7.53. The molecule has 1 N–H and O–H groups in total. The number of nitrogens with zero attached hydrogens (tertiary/aromatic N) is 3. The topological polar surface area (TPSA) is 66.8 Å². The van der Waals surface area contributed by atoms with Crippen molar-refractivity contribution in [2.24, 2.45) is 5.92 Å². The molecule has 3 aromatic rings. The van der Waals surface area contributed by atoms with Crippen LogP contribution in [0.3, 0.4) is 0 Å². The molecular weight excluding hydrogens is 476 g/mol. The Morgan fingerprint density at radius 3 is 2.42 bits per heavy atom. The normalized spacial score (nSPS) is 11.8. The van der Waals surface area contributed by atoms with Crippen molar-refractivity contribution in [1.82, 2.24) is 14.4 Å². The van der Waals surface area contributed by atoms with Gasteiger partial charge in [0, 0.05) is 36.7 Å². The van der Waals surface area contributed by atoms with Gasteiger partial charge in [0.2, 0.25) is 5.91 Å². The molecule has 0 fully saturated rings. The number of urea groups is 1. The molecule has 0 saturated heterocycles. The first-order chi connectivity index (χ1) is 18.2. The molecule has 204 valence electrons. The van der Waals surface area contributed by atoms with Gasteiger partial charge in [0.1, 0.15) is 12.3 Å². The van der Waals surface area contributed by atoms with Gasteiger partial charge in [-0.25, -0.2) is 4.79 Å². The molecule has 1 heterocycles. The zero-order valence-electron chi connectivity index (χ0n) is 23.6. The van der Waals surface area contributed by atoms with Crippen molar-refractivity contribution in [2.75, 3.05) is 25.5 Å².